The number of aromatic nitrogens is 2. The first-order valence-electron chi connectivity index (χ1n) is 8.61. The van der Waals surface area contributed by atoms with Crippen LogP contribution in [0.4, 0.5) is 0 Å². The second-order valence-electron chi connectivity index (χ2n) is 6.39. The second-order valence-corrected chi connectivity index (χ2v) is 7.31. The molecular weight excluding hydrogens is 406 g/mol. The van der Waals surface area contributed by atoms with Gasteiger partial charge in [0.1, 0.15) is 11.5 Å². The van der Waals surface area contributed by atoms with Crippen LogP contribution in [0.15, 0.2) is 69.8 Å². The normalized spacial score (nSPS) is 11.0. The molecule has 0 radical (unpaired) electrons. The van der Waals surface area contributed by atoms with Gasteiger partial charge in [0, 0.05) is 42.1 Å². The van der Waals surface area contributed by atoms with Gasteiger partial charge in [-0.15, -0.1) is 0 Å². The molecule has 0 atom stereocenters. The summed E-state index contributed by atoms with van der Waals surface area (Å²) in [5.74, 6) is 0.687. The van der Waals surface area contributed by atoms with Crippen LogP contribution in [0.2, 0.25) is 0 Å². The second kappa shape index (κ2) is 7.40. The number of nitrogens with one attached hydrogen (secondary N) is 1. The van der Waals surface area contributed by atoms with Gasteiger partial charge in [0.05, 0.1) is 5.52 Å². The van der Waals surface area contributed by atoms with Crippen molar-refractivity contribution in [2.24, 2.45) is 0 Å². The summed E-state index contributed by atoms with van der Waals surface area (Å²) in [5, 5.41) is 2.97. The quantitative estimate of drug-likeness (QED) is 0.506. The molecule has 0 spiro atoms. The molecule has 4 aromatic rings. The molecule has 0 saturated carbocycles. The van der Waals surface area contributed by atoms with Crippen LogP contribution in [0.25, 0.3) is 11.1 Å². The number of hydrogen-bond acceptors (Lipinski definition) is 3. The molecule has 0 fully saturated rings. The molecule has 136 valence electrons. The molecule has 3 aromatic heterocycles. The molecule has 6 heteroatoms. The Labute approximate surface area is 165 Å². The van der Waals surface area contributed by atoms with Crippen LogP contribution in [-0.4, -0.2) is 15.5 Å². The maximum atomic E-state index is 12.8. The van der Waals surface area contributed by atoms with Crippen molar-refractivity contribution in [1.82, 2.24) is 14.9 Å². The number of benzene rings is 1. The van der Waals surface area contributed by atoms with Gasteiger partial charge in [-0.25, -0.2) is 0 Å². The zero-order valence-electron chi connectivity index (χ0n) is 14.8. The van der Waals surface area contributed by atoms with Gasteiger partial charge in [0.25, 0.3) is 5.91 Å². The lowest BCUT2D eigenvalue weighted by molar-refractivity contribution is 0.0942. The van der Waals surface area contributed by atoms with E-state index in [-0.39, 0.29) is 5.91 Å². The highest BCUT2D eigenvalue weighted by Gasteiger charge is 2.18. The molecular formula is C21H18BrN3O2. The van der Waals surface area contributed by atoms with E-state index in [1.54, 1.807) is 18.5 Å². The molecule has 1 amide bonds. The molecule has 0 aliphatic rings. The Kier molecular flexibility index (Phi) is 4.81. The number of aryl methyl sites for hydroxylation is 1. The number of halogens is 1. The highest BCUT2D eigenvalue weighted by atomic mass is 79.9. The van der Waals surface area contributed by atoms with Crippen molar-refractivity contribution in [3.05, 3.63) is 88.0 Å². The van der Waals surface area contributed by atoms with Crippen molar-refractivity contribution in [2.75, 3.05) is 0 Å². The van der Waals surface area contributed by atoms with Crippen molar-refractivity contribution >= 4 is 32.9 Å². The maximum Gasteiger partial charge on any atom is 0.268 e. The van der Waals surface area contributed by atoms with Crippen molar-refractivity contribution < 1.29 is 9.21 Å². The molecule has 1 aromatic carbocycles. The summed E-state index contributed by atoms with van der Waals surface area (Å²) < 4.78 is 8.76. The number of fused-ring (bicyclic) bond motifs is 1. The van der Waals surface area contributed by atoms with Crippen LogP contribution in [0.5, 0.6) is 0 Å². The number of amides is 1. The predicted molar refractivity (Wildman–Crippen MR) is 108 cm³/mol. The molecule has 0 aliphatic heterocycles. The Morgan fingerprint density at radius 2 is 2.00 bits per heavy atom. The molecule has 4 rings (SSSR count). The van der Waals surface area contributed by atoms with E-state index in [4.69, 9.17) is 4.42 Å². The first-order chi connectivity index (χ1) is 13.1. The summed E-state index contributed by atoms with van der Waals surface area (Å²) in [4.78, 5) is 16.9. The number of carbonyl (C=O) groups is 1. The predicted octanol–water partition coefficient (Wildman–Crippen LogP) is 4.68. The zero-order valence-corrected chi connectivity index (χ0v) is 16.4. The summed E-state index contributed by atoms with van der Waals surface area (Å²) in [6, 6.07) is 15.6. The van der Waals surface area contributed by atoms with E-state index >= 15 is 0 Å². The van der Waals surface area contributed by atoms with Gasteiger partial charge in [0.2, 0.25) is 0 Å². The van der Waals surface area contributed by atoms with E-state index < -0.39 is 0 Å². The van der Waals surface area contributed by atoms with Gasteiger partial charge in [-0.3, -0.25) is 9.78 Å². The first kappa shape index (κ1) is 17.5. The minimum Gasteiger partial charge on any atom is -0.460 e. The lowest BCUT2D eigenvalue weighted by Crippen LogP contribution is -2.25. The number of hydrogen-bond donors (Lipinski definition) is 1. The molecule has 1 N–H and O–H groups in total. The van der Waals surface area contributed by atoms with Gasteiger partial charge >= 0.3 is 0 Å². The SMILES string of the molecule is Cc1cc2c(cc(C(=O)NCc3cccnc3)n2Cc2ccc(Br)cc2)o1. The van der Waals surface area contributed by atoms with Gasteiger partial charge in [-0.1, -0.05) is 34.1 Å². The van der Waals surface area contributed by atoms with Crippen LogP contribution >= 0.6 is 15.9 Å². The van der Waals surface area contributed by atoms with Crippen LogP contribution in [0.3, 0.4) is 0 Å². The van der Waals surface area contributed by atoms with Gasteiger partial charge in [-0.2, -0.15) is 0 Å². The Balaban J connectivity index is 1.64. The number of carbonyl (C=O) groups excluding carboxylic acids is 1. The Morgan fingerprint density at radius 1 is 1.19 bits per heavy atom. The van der Waals surface area contributed by atoms with Crippen LogP contribution < -0.4 is 5.32 Å². The minimum atomic E-state index is -0.139. The topological polar surface area (TPSA) is 60.1 Å². The van der Waals surface area contributed by atoms with Crippen LogP contribution in [0.1, 0.15) is 27.4 Å². The van der Waals surface area contributed by atoms with E-state index in [0.717, 1.165) is 32.5 Å². The fraction of sp³-hybridized carbons (Fsp3) is 0.143. The third kappa shape index (κ3) is 3.80. The van der Waals surface area contributed by atoms with E-state index in [1.165, 1.54) is 0 Å². The molecule has 5 nitrogen and oxygen atoms in total. The standard InChI is InChI=1S/C21H18BrN3O2/c1-14-9-18-20(27-14)10-19(21(26)24-12-16-3-2-8-23-11-16)25(18)13-15-4-6-17(22)7-5-15/h2-11H,12-13H2,1H3,(H,24,26). The monoisotopic (exact) mass is 423 g/mol. The number of pyridine rings is 1. The number of furan rings is 1. The highest BCUT2D eigenvalue weighted by Crippen LogP contribution is 2.25. The average Bonchev–Trinajstić information content (AvgIpc) is 3.19. The van der Waals surface area contributed by atoms with Crippen molar-refractivity contribution in [2.45, 2.75) is 20.0 Å². The van der Waals surface area contributed by atoms with E-state index in [0.29, 0.717) is 18.8 Å². The molecule has 0 unspecified atom stereocenters. The summed E-state index contributed by atoms with van der Waals surface area (Å²) in [6.07, 6.45) is 3.46. The third-order valence-electron chi connectivity index (χ3n) is 4.38. The van der Waals surface area contributed by atoms with E-state index in [2.05, 4.69) is 26.2 Å². The maximum absolute atomic E-state index is 12.8. The van der Waals surface area contributed by atoms with E-state index in [9.17, 15) is 4.79 Å². The number of nitrogens with zero attached hydrogens (tertiary/aromatic N) is 2. The molecule has 27 heavy (non-hydrogen) atoms. The van der Waals surface area contributed by atoms with Crippen molar-refractivity contribution in [3.8, 4) is 0 Å². The fourth-order valence-electron chi connectivity index (χ4n) is 3.07. The van der Waals surface area contributed by atoms with Gasteiger partial charge in [-0.05, 0) is 36.2 Å². The van der Waals surface area contributed by atoms with Crippen molar-refractivity contribution in [3.63, 3.8) is 0 Å². The Bertz CT molecular complexity index is 1080. The van der Waals surface area contributed by atoms with Crippen molar-refractivity contribution in [1.29, 1.82) is 0 Å². The molecule has 0 bridgehead atoms. The lowest BCUT2D eigenvalue weighted by atomic mass is 10.2. The Morgan fingerprint density at radius 3 is 2.74 bits per heavy atom. The minimum absolute atomic E-state index is 0.139. The molecule has 0 saturated heterocycles. The molecule has 3 heterocycles. The zero-order chi connectivity index (χ0) is 18.8. The Hall–Kier alpha value is -2.86. The average molecular weight is 424 g/mol. The lowest BCUT2D eigenvalue weighted by Gasteiger charge is -2.11. The largest absolute Gasteiger partial charge is 0.460 e. The summed E-state index contributed by atoms with van der Waals surface area (Å²) in [6.45, 7) is 2.92. The smallest absolute Gasteiger partial charge is 0.268 e. The summed E-state index contributed by atoms with van der Waals surface area (Å²) >= 11 is 3.46. The van der Waals surface area contributed by atoms with E-state index in [1.807, 2.05) is 54.0 Å². The molecule has 0 aliphatic carbocycles. The van der Waals surface area contributed by atoms with Gasteiger partial charge in [0.15, 0.2) is 5.58 Å². The fourth-order valence-corrected chi connectivity index (χ4v) is 3.34. The third-order valence-corrected chi connectivity index (χ3v) is 4.90. The summed E-state index contributed by atoms with van der Waals surface area (Å²) in [7, 11) is 0. The first-order valence-corrected chi connectivity index (χ1v) is 9.40. The van der Waals surface area contributed by atoms with Crippen LogP contribution in [0, 0.1) is 6.92 Å². The summed E-state index contributed by atoms with van der Waals surface area (Å²) in [5.41, 5.74) is 4.28. The van der Waals surface area contributed by atoms with Crippen LogP contribution in [-0.2, 0) is 13.1 Å². The highest BCUT2D eigenvalue weighted by molar-refractivity contribution is 9.10. The van der Waals surface area contributed by atoms with Gasteiger partial charge < -0.3 is 14.3 Å². The number of rotatable bonds is 5.